The first kappa shape index (κ1) is 13.1. The van der Waals surface area contributed by atoms with Crippen LogP contribution in [0.1, 0.15) is 26.3 Å². The second-order valence-corrected chi connectivity index (χ2v) is 5.57. The Morgan fingerprint density at radius 2 is 1.88 bits per heavy atom. The zero-order valence-electron chi connectivity index (χ0n) is 10.0. The molecule has 1 amide bonds. The number of hydrogen-bond acceptors (Lipinski definition) is 2. The maximum atomic E-state index is 11.8. The van der Waals surface area contributed by atoms with E-state index in [2.05, 4.69) is 17.9 Å². The minimum absolute atomic E-state index is 0.0142. The van der Waals surface area contributed by atoms with Gasteiger partial charge in [-0.2, -0.15) is 12.6 Å². The lowest BCUT2D eigenvalue weighted by molar-refractivity contribution is -0.121. The Kier molecular flexibility index (Phi) is 4.42. The summed E-state index contributed by atoms with van der Waals surface area (Å²) in [6, 6.07) is 9.92. The summed E-state index contributed by atoms with van der Waals surface area (Å²) in [6.45, 7) is 5.90. The van der Waals surface area contributed by atoms with Crippen LogP contribution in [0, 0.1) is 0 Å². The third kappa shape index (κ3) is 4.71. The van der Waals surface area contributed by atoms with Gasteiger partial charge in [0.15, 0.2) is 0 Å². The zero-order valence-corrected chi connectivity index (χ0v) is 10.9. The van der Waals surface area contributed by atoms with Crippen molar-refractivity contribution in [1.29, 1.82) is 0 Å². The largest absolute Gasteiger partial charge is 0.351 e. The van der Waals surface area contributed by atoms with Gasteiger partial charge < -0.3 is 5.32 Å². The van der Waals surface area contributed by atoms with E-state index >= 15 is 0 Å². The molecule has 0 aliphatic heterocycles. The molecule has 1 N–H and O–H groups in total. The summed E-state index contributed by atoms with van der Waals surface area (Å²) in [6.07, 6.45) is 0.659. The number of hydrogen-bond donors (Lipinski definition) is 2. The SMILES string of the molecule is CC(C)(C)NC(=O)C(S)Cc1ccccc1. The highest BCUT2D eigenvalue weighted by Crippen LogP contribution is 2.09. The molecular weight excluding hydrogens is 218 g/mol. The third-order valence-corrected chi connectivity index (χ3v) is 2.49. The van der Waals surface area contributed by atoms with Gasteiger partial charge in [0.1, 0.15) is 0 Å². The van der Waals surface area contributed by atoms with E-state index in [9.17, 15) is 4.79 Å². The van der Waals surface area contributed by atoms with Crippen molar-refractivity contribution in [2.24, 2.45) is 0 Å². The van der Waals surface area contributed by atoms with Gasteiger partial charge in [0.25, 0.3) is 0 Å². The van der Waals surface area contributed by atoms with E-state index in [1.807, 2.05) is 51.1 Å². The van der Waals surface area contributed by atoms with E-state index in [1.54, 1.807) is 0 Å². The molecule has 0 saturated carbocycles. The summed E-state index contributed by atoms with van der Waals surface area (Å²) in [5, 5.41) is 2.63. The van der Waals surface area contributed by atoms with Crippen molar-refractivity contribution in [3.05, 3.63) is 35.9 Å². The van der Waals surface area contributed by atoms with Crippen LogP contribution in [-0.2, 0) is 11.2 Å². The lowest BCUT2D eigenvalue weighted by atomic mass is 10.1. The molecule has 0 spiro atoms. The average Bonchev–Trinajstić information content (AvgIpc) is 2.16. The van der Waals surface area contributed by atoms with Crippen LogP contribution >= 0.6 is 12.6 Å². The topological polar surface area (TPSA) is 29.1 Å². The first-order valence-corrected chi connectivity index (χ1v) is 5.94. The van der Waals surface area contributed by atoms with Crippen LogP contribution in [0.3, 0.4) is 0 Å². The monoisotopic (exact) mass is 237 g/mol. The van der Waals surface area contributed by atoms with Crippen molar-refractivity contribution in [3.63, 3.8) is 0 Å². The lowest BCUT2D eigenvalue weighted by Gasteiger charge is -2.22. The van der Waals surface area contributed by atoms with Gasteiger partial charge in [0.05, 0.1) is 5.25 Å². The summed E-state index contributed by atoms with van der Waals surface area (Å²) in [4.78, 5) is 11.8. The molecule has 1 aromatic rings. The van der Waals surface area contributed by atoms with Crippen LogP contribution in [0.25, 0.3) is 0 Å². The van der Waals surface area contributed by atoms with Gasteiger partial charge in [-0.05, 0) is 32.8 Å². The first-order valence-electron chi connectivity index (χ1n) is 5.42. The molecule has 0 heterocycles. The van der Waals surface area contributed by atoms with Crippen molar-refractivity contribution in [3.8, 4) is 0 Å². The van der Waals surface area contributed by atoms with Crippen molar-refractivity contribution >= 4 is 18.5 Å². The number of nitrogens with one attached hydrogen (secondary N) is 1. The van der Waals surface area contributed by atoms with Crippen LogP contribution in [0.15, 0.2) is 30.3 Å². The van der Waals surface area contributed by atoms with E-state index < -0.39 is 0 Å². The maximum Gasteiger partial charge on any atom is 0.233 e. The van der Waals surface area contributed by atoms with Crippen LogP contribution in [-0.4, -0.2) is 16.7 Å². The van der Waals surface area contributed by atoms with E-state index in [4.69, 9.17) is 0 Å². The fourth-order valence-electron chi connectivity index (χ4n) is 1.38. The Labute approximate surface area is 103 Å². The predicted octanol–water partition coefficient (Wildman–Crippen LogP) is 2.44. The molecule has 0 aromatic heterocycles. The molecule has 88 valence electrons. The molecule has 0 radical (unpaired) electrons. The summed E-state index contributed by atoms with van der Waals surface area (Å²) < 4.78 is 0. The van der Waals surface area contributed by atoms with Gasteiger partial charge >= 0.3 is 0 Å². The zero-order chi connectivity index (χ0) is 12.2. The number of amides is 1. The summed E-state index contributed by atoms with van der Waals surface area (Å²) in [7, 11) is 0. The molecule has 0 aliphatic carbocycles. The highest BCUT2D eigenvalue weighted by molar-refractivity contribution is 7.81. The number of carbonyl (C=O) groups is 1. The molecule has 16 heavy (non-hydrogen) atoms. The predicted molar refractivity (Wildman–Crippen MR) is 70.8 cm³/mol. The molecular formula is C13H19NOS. The van der Waals surface area contributed by atoms with Crippen molar-refractivity contribution in [2.45, 2.75) is 38.0 Å². The van der Waals surface area contributed by atoms with Gasteiger partial charge in [-0.15, -0.1) is 0 Å². The number of carbonyl (C=O) groups excluding carboxylic acids is 1. The van der Waals surface area contributed by atoms with Gasteiger partial charge in [0, 0.05) is 5.54 Å². The molecule has 0 aliphatic rings. The van der Waals surface area contributed by atoms with Gasteiger partial charge in [-0.3, -0.25) is 4.79 Å². The number of rotatable bonds is 3. The number of thiol groups is 1. The summed E-state index contributed by atoms with van der Waals surface area (Å²) in [5.74, 6) is -0.0142. The second kappa shape index (κ2) is 5.39. The standard InChI is InChI=1S/C13H19NOS/c1-13(2,3)14-12(15)11(16)9-10-7-5-4-6-8-10/h4-8,11,16H,9H2,1-3H3,(H,14,15). The minimum atomic E-state index is -0.290. The normalized spacial score (nSPS) is 13.2. The molecule has 1 rings (SSSR count). The number of benzene rings is 1. The van der Waals surface area contributed by atoms with Crippen molar-refractivity contribution in [2.75, 3.05) is 0 Å². The summed E-state index contributed by atoms with van der Waals surface area (Å²) in [5.41, 5.74) is 0.931. The minimum Gasteiger partial charge on any atom is -0.351 e. The highest BCUT2D eigenvalue weighted by Gasteiger charge is 2.19. The van der Waals surface area contributed by atoms with Crippen molar-refractivity contribution in [1.82, 2.24) is 5.32 Å². The first-order chi connectivity index (χ1) is 7.38. The van der Waals surface area contributed by atoms with E-state index in [0.717, 1.165) is 5.56 Å². The van der Waals surface area contributed by atoms with E-state index in [0.29, 0.717) is 6.42 Å². The Balaban J connectivity index is 2.53. The molecule has 0 fully saturated rings. The Bertz CT molecular complexity index is 343. The molecule has 1 atom stereocenters. The smallest absolute Gasteiger partial charge is 0.233 e. The quantitative estimate of drug-likeness (QED) is 0.777. The van der Waals surface area contributed by atoms with E-state index in [-0.39, 0.29) is 16.7 Å². The molecule has 3 heteroatoms. The summed E-state index contributed by atoms with van der Waals surface area (Å²) >= 11 is 4.34. The van der Waals surface area contributed by atoms with Crippen LogP contribution in [0.5, 0.6) is 0 Å². The Morgan fingerprint density at radius 3 is 2.38 bits per heavy atom. The van der Waals surface area contributed by atoms with E-state index in [1.165, 1.54) is 0 Å². The maximum absolute atomic E-state index is 11.8. The van der Waals surface area contributed by atoms with Gasteiger partial charge in [0.2, 0.25) is 5.91 Å². The van der Waals surface area contributed by atoms with Crippen LogP contribution in [0.4, 0.5) is 0 Å². The fraction of sp³-hybridized carbons (Fsp3) is 0.462. The highest BCUT2D eigenvalue weighted by atomic mass is 32.1. The van der Waals surface area contributed by atoms with Crippen molar-refractivity contribution < 1.29 is 4.79 Å². The molecule has 0 saturated heterocycles. The second-order valence-electron chi connectivity index (χ2n) is 4.94. The Morgan fingerprint density at radius 1 is 1.31 bits per heavy atom. The van der Waals surface area contributed by atoms with Gasteiger partial charge in [-0.25, -0.2) is 0 Å². The van der Waals surface area contributed by atoms with Gasteiger partial charge in [-0.1, -0.05) is 30.3 Å². The fourth-order valence-corrected chi connectivity index (χ4v) is 1.66. The van der Waals surface area contributed by atoms with Crippen LogP contribution < -0.4 is 5.32 Å². The Hall–Kier alpha value is -0.960. The third-order valence-electron chi connectivity index (χ3n) is 2.07. The average molecular weight is 237 g/mol. The lowest BCUT2D eigenvalue weighted by Crippen LogP contribution is -2.44. The molecule has 1 aromatic carbocycles. The van der Waals surface area contributed by atoms with Crippen LogP contribution in [0.2, 0.25) is 0 Å². The molecule has 2 nitrogen and oxygen atoms in total. The molecule has 0 bridgehead atoms. The molecule has 1 unspecified atom stereocenters.